The van der Waals surface area contributed by atoms with E-state index in [1.54, 1.807) is 18.6 Å². The molecular weight excluding hydrogens is 481 g/mol. The molecule has 1 saturated heterocycles. The van der Waals surface area contributed by atoms with Crippen LogP contribution in [0.25, 0.3) is 44.7 Å². The molecule has 0 radical (unpaired) electrons. The van der Waals surface area contributed by atoms with Gasteiger partial charge >= 0.3 is 0 Å². The molecule has 0 aromatic carbocycles. The van der Waals surface area contributed by atoms with Crippen LogP contribution >= 0.6 is 0 Å². The molecule has 0 spiro atoms. The largest absolute Gasteiger partial charge is 0.358 e. The fourth-order valence-electron chi connectivity index (χ4n) is 5.40. The van der Waals surface area contributed by atoms with E-state index in [9.17, 15) is 0 Å². The maximum absolute atomic E-state index is 16.1. The number of nitrogens with zero attached hydrogens (tertiary/aromatic N) is 6. The van der Waals surface area contributed by atoms with Crippen molar-refractivity contribution in [3.8, 4) is 22.6 Å². The van der Waals surface area contributed by atoms with E-state index < -0.39 is 5.82 Å². The minimum atomic E-state index is -0.426. The van der Waals surface area contributed by atoms with Gasteiger partial charge in [0, 0.05) is 48.5 Å². The molecule has 1 saturated carbocycles. The van der Waals surface area contributed by atoms with Gasteiger partial charge in [-0.25, -0.2) is 19.3 Å². The van der Waals surface area contributed by atoms with E-state index in [1.807, 2.05) is 12.1 Å². The summed E-state index contributed by atoms with van der Waals surface area (Å²) in [7, 11) is 0. The number of hydrogen-bond donors (Lipinski definition) is 3. The third-order valence-electron chi connectivity index (χ3n) is 7.75. The van der Waals surface area contributed by atoms with Gasteiger partial charge in [0.1, 0.15) is 17.0 Å². The maximum atomic E-state index is 16.1. The standard InChI is InChI=1S/C28H28FN9/c1-16(17-6-5-7-17)33-19-12-18(13-30-14-19)20-15-32-26-22(23(20)29)25(36-37-26)27-34-21-8-9-31-28(24(21)35-27)38-10-3-2-4-11-38/h8-9,12-15,17,33H,1-7,10-11H2,(H,34,35)(H,32,36,37). The zero-order chi connectivity index (χ0) is 25.6. The quantitative estimate of drug-likeness (QED) is 0.265. The molecule has 5 aromatic heterocycles. The molecule has 9 nitrogen and oxygen atoms in total. The summed E-state index contributed by atoms with van der Waals surface area (Å²) in [4.78, 5) is 23.8. The first-order valence-corrected chi connectivity index (χ1v) is 13.2. The molecule has 10 heteroatoms. The first-order chi connectivity index (χ1) is 18.7. The second-order valence-corrected chi connectivity index (χ2v) is 10.2. The van der Waals surface area contributed by atoms with Crippen LogP contribution in [-0.4, -0.2) is 48.2 Å². The Morgan fingerprint density at radius 2 is 1.95 bits per heavy atom. The van der Waals surface area contributed by atoms with Gasteiger partial charge < -0.3 is 15.2 Å². The number of anilines is 2. The fraction of sp³-hybridized carbons (Fsp3) is 0.321. The van der Waals surface area contributed by atoms with Crippen molar-refractivity contribution in [1.29, 1.82) is 0 Å². The van der Waals surface area contributed by atoms with Gasteiger partial charge in [-0.3, -0.25) is 10.1 Å². The molecular formula is C28H28FN9. The summed E-state index contributed by atoms with van der Waals surface area (Å²) in [5.41, 5.74) is 5.08. The molecule has 192 valence electrons. The lowest BCUT2D eigenvalue weighted by Gasteiger charge is -2.28. The Morgan fingerprint density at radius 3 is 2.76 bits per heavy atom. The molecule has 3 N–H and O–H groups in total. The van der Waals surface area contributed by atoms with Crippen molar-refractivity contribution in [3.63, 3.8) is 0 Å². The first-order valence-electron chi connectivity index (χ1n) is 13.2. The molecule has 0 amide bonds. The summed E-state index contributed by atoms with van der Waals surface area (Å²) in [6.07, 6.45) is 13.7. The van der Waals surface area contributed by atoms with E-state index in [1.165, 1.54) is 19.0 Å². The van der Waals surface area contributed by atoms with Crippen molar-refractivity contribution in [2.75, 3.05) is 23.3 Å². The average Bonchev–Trinajstić information content (AvgIpc) is 3.53. The van der Waals surface area contributed by atoms with E-state index in [-0.39, 0.29) is 11.0 Å². The van der Waals surface area contributed by atoms with Crippen LogP contribution in [0.15, 0.2) is 49.2 Å². The molecule has 7 rings (SSSR count). The zero-order valence-electron chi connectivity index (χ0n) is 21.0. The fourth-order valence-corrected chi connectivity index (χ4v) is 5.40. The number of piperidine rings is 1. The molecule has 0 unspecified atom stereocenters. The number of H-pyrrole nitrogens is 2. The highest BCUT2D eigenvalue weighted by atomic mass is 19.1. The molecule has 0 bridgehead atoms. The second kappa shape index (κ2) is 9.20. The Balaban J connectivity index is 1.27. The minimum Gasteiger partial charge on any atom is -0.358 e. The van der Waals surface area contributed by atoms with Crippen LogP contribution in [0.5, 0.6) is 0 Å². The van der Waals surface area contributed by atoms with Gasteiger partial charge in [-0.05, 0) is 50.2 Å². The van der Waals surface area contributed by atoms with Crippen LogP contribution in [0, 0.1) is 11.7 Å². The van der Waals surface area contributed by atoms with Crippen molar-refractivity contribution < 1.29 is 4.39 Å². The SMILES string of the molecule is C=C(Nc1cncc(-c2cnc3n[nH]c(-c4nc5c(N6CCCCC6)nccc5[nH]4)c3c2F)c1)C1CCC1. The third-order valence-corrected chi connectivity index (χ3v) is 7.75. The molecule has 1 aliphatic heterocycles. The normalized spacial score (nSPS) is 16.2. The van der Waals surface area contributed by atoms with Gasteiger partial charge in [0.05, 0.1) is 22.8 Å². The molecule has 1 aliphatic carbocycles. The van der Waals surface area contributed by atoms with Crippen LogP contribution in [0.4, 0.5) is 15.9 Å². The molecule has 38 heavy (non-hydrogen) atoms. The van der Waals surface area contributed by atoms with Crippen LogP contribution in [0.3, 0.4) is 0 Å². The summed E-state index contributed by atoms with van der Waals surface area (Å²) >= 11 is 0. The first kappa shape index (κ1) is 22.8. The zero-order valence-corrected chi connectivity index (χ0v) is 21.0. The highest BCUT2D eigenvalue weighted by molar-refractivity contribution is 5.96. The van der Waals surface area contributed by atoms with Crippen LogP contribution in [0.1, 0.15) is 38.5 Å². The number of fused-ring (bicyclic) bond motifs is 2. The maximum Gasteiger partial charge on any atom is 0.184 e. The van der Waals surface area contributed by atoms with E-state index in [2.05, 4.69) is 46.9 Å². The summed E-state index contributed by atoms with van der Waals surface area (Å²) < 4.78 is 16.1. The number of hydrogen-bond acceptors (Lipinski definition) is 7. The van der Waals surface area contributed by atoms with Gasteiger partial charge in [0.25, 0.3) is 0 Å². The molecule has 5 aromatic rings. The summed E-state index contributed by atoms with van der Waals surface area (Å²) in [6, 6.07) is 3.76. The molecule has 6 heterocycles. The molecule has 2 fully saturated rings. The number of halogens is 1. The Labute approximate surface area is 218 Å². The van der Waals surface area contributed by atoms with E-state index in [4.69, 9.17) is 4.98 Å². The summed E-state index contributed by atoms with van der Waals surface area (Å²) in [5.74, 6) is 1.41. The van der Waals surface area contributed by atoms with Gasteiger partial charge in [0.15, 0.2) is 17.3 Å². The van der Waals surface area contributed by atoms with Crippen LogP contribution < -0.4 is 10.2 Å². The predicted molar refractivity (Wildman–Crippen MR) is 146 cm³/mol. The number of aromatic amines is 2. The number of nitrogens with one attached hydrogen (secondary N) is 3. The smallest absolute Gasteiger partial charge is 0.184 e. The lowest BCUT2D eigenvalue weighted by molar-refractivity contribution is 0.371. The van der Waals surface area contributed by atoms with E-state index in [0.29, 0.717) is 28.6 Å². The Kier molecular flexibility index (Phi) is 5.52. The van der Waals surface area contributed by atoms with Crippen molar-refractivity contribution in [2.24, 2.45) is 5.92 Å². The monoisotopic (exact) mass is 509 g/mol. The predicted octanol–water partition coefficient (Wildman–Crippen LogP) is 5.81. The van der Waals surface area contributed by atoms with E-state index >= 15 is 4.39 Å². The van der Waals surface area contributed by atoms with Crippen LogP contribution in [-0.2, 0) is 0 Å². The Hall–Kier alpha value is -4.34. The number of rotatable bonds is 6. The van der Waals surface area contributed by atoms with Crippen molar-refractivity contribution >= 4 is 33.6 Å². The second-order valence-electron chi connectivity index (χ2n) is 10.2. The number of pyridine rings is 3. The third kappa shape index (κ3) is 3.87. The van der Waals surface area contributed by atoms with Crippen molar-refractivity contribution in [1.82, 2.24) is 35.1 Å². The van der Waals surface area contributed by atoms with Gasteiger partial charge in [-0.2, -0.15) is 5.10 Å². The highest BCUT2D eigenvalue weighted by Gasteiger charge is 2.23. The van der Waals surface area contributed by atoms with Crippen molar-refractivity contribution in [3.05, 3.63) is 55.0 Å². The van der Waals surface area contributed by atoms with Gasteiger partial charge in [-0.15, -0.1) is 0 Å². The van der Waals surface area contributed by atoms with Gasteiger partial charge in [0.2, 0.25) is 0 Å². The van der Waals surface area contributed by atoms with Gasteiger partial charge in [-0.1, -0.05) is 13.0 Å². The van der Waals surface area contributed by atoms with Crippen molar-refractivity contribution in [2.45, 2.75) is 38.5 Å². The molecule has 0 atom stereocenters. The summed E-state index contributed by atoms with van der Waals surface area (Å²) in [6.45, 7) is 6.08. The minimum absolute atomic E-state index is 0.284. The highest BCUT2D eigenvalue weighted by Crippen LogP contribution is 2.36. The Morgan fingerprint density at radius 1 is 1.08 bits per heavy atom. The lowest BCUT2D eigenvalue weighted by atomic mass is 9.83. The van der Waals surface area contributed by atoms with Crippen LogP contribution in [0.2, 0.25) is 0 Å². The number of imidazole rings is 1. The molecule has 2 aliphatic rings. The summed E-state index contributed by atoms with van der Waals surface area (Å²) in [5, 5.41) is 10.8. The van der Waals surface area contributed by atoms with E-state index in [0.717, 1.165) is 67.0 Å². The Bertz CT molecular complexity index is 1660. The average molecular weight is 510 g/mol. The topological polar surface area (TPSA) is 111 Å². The number of allylic oxidation sites excluding steroid dienone is 1. The number of aromatic nitrogens is 7. The lowest BCUT2D eigenvalue weighted by Crippen LogP contribution is -2.30.